The van der Waals surface area contributed by atoms with Gasteiger partial charge >= 0.3 is 0 Å². The Balaban J connectivity index is 1.47. The Kier molecular flexibility index (Phi) is 11.6. The summed E-state index contributed by atoms with van der Waals surface area (Å²) in [6, 6.07) is 25.4. The first-order valence-electron chi connectivity index (χ1n) is 14.0. The van der Waals surface area contributed by atoms with Crippen LogP contribution in [-0.2, 0) is 9.59 Å². The first-order chi connectivity index (χ1) is 22.2. The average Bonchev–Trinajstić information content (AvgIpc) is 3.07. The minimum Gasteiger partial charge on any atom is -0.496 e. The zero-order valence-corrected chi connectivity index (χ0v) is 26.5. The Morgan fingerprint density at radius 1 is 0.696 bits per heavy atom. The molecule has 3 amide bonds. The monoisotopic (exact) mass is 639 g/mol. The lowest BCUT2D eigenvalue weighted by atomic mass is 10.1. The van der Waals surface area contributed by atoms with Crippen LogP contribution in [0.25, 0.3) is 6.08 Å². The van der Waals surface area contributed by atoms with Crippen LogP contribution in [0.15, 0.2) is 102 Å². The van der Waals surface area contributed by atoms with Crippen LogP contribution in [0.3, 0.4) is 0 Å². The van der Waals surface area contributed by atoms with Crippen LogP contribution in [0.5, 0.6) is 17.2 Å². The summed E-state index contributed by atoms with van der Waals surface area (Å²) >= 11 is 1.32. The minimum atomic E-state index is -0.573. The zero-order chi connectivity index (χ0) is 33.1. The van der Waals surface area contributed by atoms with Gasteiger partial charge in [-0.15, -0.1) is 11.8 Å². The van der Waals surface area contributed by atoms with Gasteiger partial charge in [0, 0.05) is 39.0 Å². The van der Waals surface area contributed by atoms with Crippen molar-refractivity contribution in [2.45, 2.75) is 11.8 Å². The molecule has 46 heavy (non-hydrogen) atoms. The van der Waals surface area contributed by atoms with Gasteiger partial charge in [-0.25, -0.2) is 0 Å². The van der Waals surface area contributed by atoms with Gasteiger partial charge in [-0.1, -0.05) is 18.2 Å². The largest absolute Gasteiger partial charge is 0.496 e. The van der Waals surface area contributed by atoms with Crippen molar-refractivity contribution in [3.63, 3.8) is 0 Å². The Bertz CT molecular complexity index is 1740. The number of carbonyl (C=O) groups excluding carboxylic acids is 4. The molecule has 0 spiro atoms. The normalized spacial score (nSPS) is 10.8. The van der Waals surface area contributed by atoms with E-state index in [0.717, 1.165) is 4.90 Å². The number of carbonyl (C=O) groups is 4. The number of ether oxygens (including phenoxy) is 3. The summed E-state index contributed by atoms with van der Waals surface area (Å²) < 4.78 is 16.3. The van der Waals surface area contributed by atoms with E-state index in [1.807, 2.05) is 0 Å². The van der Waals surface area contributed by atoms with Crippen LogP contribution in [0.1, 0.15) is 33.2 Å². The maximum Gasteiger partial charge on any atom is 0.272 e. The summed E-state index contributed by atoms with van der Waals surface area (Å²) in [4.78, 5) is 51.3. The van der Waals surface area contributed by atoms with Crippen molar-refractivity contribution < 1.29 is 33.4 Å². The molecular formula is C35H33N3O7S. The highest BCUT2D eigenvalue weighted by Crippen LogP contribution is 2.35. The highest BCUT2D eigenvalue weighted by Gasteiger charge is 2.18. The number of nitrogens with one attached hydrogen (secondary N) is 3. The number of thioether (sulfide) groups is 1. The van der Waals surface area contributed by atoms with Gasteiger partial charge in [0.25, 0.3) is 11.8 Å². The molecule has 0 saturated heterocycles. The van der Waals surface area contributed by atoms with E-state index in [2.05, 4.69) is 16.0 Å². The minimum absolute atomic E-state index is 0.0363. The van der Waals surface area contributed by atoms with Gasteiger partial charge in [-0.2, -0.15) is 0 Å². The number of benzene rings is 4. The first kappa shape index (κ1) is 33.3. The number of ketones is 1. The summed E-state index contributed by atoms with van der Waals surface area (Å²) in [6.07, 6.45) is 1.49. The van der Waals surface area contributed by atoms with Crippen LogP contribution in [0.2, 0.25) is 0 Å². The number of anilines is 2. The molecule has 0 fully saturated rings. The number of hydrogen-bond acceptors (Lipinski definition) is 8. The topological polar surface area (TPSA) is 132 Å². The Labute approximate surface area is 271 Å². The van der Waals surface area contributed by atoms with E-state index in [-0.39, 0.29) is 23.1 Å². The summed E-state index contributed by atoms with van der Waals surface area (Å²) in [5.41, 5.74) is 2.45. The van der Waals surface area contributed by atoms with Crippen molar-refractivity contribution in [1.82, 2.24) is 5.32 Å². The SMILES string of the molecule is COc1cc(OC)c(OC)cc1/C=C(\NC(=O)c1ccccc1)C(=O)Nc1ccc(SCC(=O)Nc2ccc(C(C)=O)cc2)cc1. The summed E-state index contributed by atoms with van der Waals surface area (Å²) in [5, 5.41) is 8.33. The summed E-state index contributed by atoms with van der Waals surface area (Å²) in [7, 11) is 4.48. The predicted octanol–water partition coefficient (Wildman–Crippen LogP) is 6.06. The van der Waals surface area contributed by atoms with Crippen LogP contribution in [-0.4, -0.2) is 50.6 Å². The fraction of sp³-hybridized carbons (Fsp3) is 0.143. The Morgan fingerprint density at radius 3 is 1.89 bits per heavy atom. The van der Waals surface area contributed by atoms with Crippen LogP contribution < -0.4 is 30.2 Å². The number of hydrogen-bond donors (Lipinski definition) is 3. The maximum absolute atomic E-state index is 13.5. The van der Waals surface area contributed by atoms with E-state index >= 15 is 0 Å². The van der Waals surface area contributed by atoms with Gasteiger partial charge in [-0.3, -0.25) is 19.2 Å². The van der Waals surface area contributed by atoms with Crippen molar-refractivity contribution >= 4 is 52.7 Å². The van der Waals surface area contributed by atoms with E-state index in [9.17, 15) is 19.2 Å². The molecule has 4 aromatic rings. The molecule has 236 valence electrons. The molecule has 4 rings (SSSR count). The molecule has 0 aliphatic rings. The number of Topliss-reactive ketones (excluding diaryl/α,β-unsaturated/α-hetero) is 1. The molecule has 0 heterocycles. The zero-order valence-electron chi connectivity index (χ0n) is 25.7. The molecular weight excluding hydrogens is 606 g/mol. The second-order valence-electron chi connectivity index (χ2n) is 9.78. The van der Waals surface area contributed by atoms with Crippen LogP contribution in [0.4, 0.5) is 11.4 Å². The van der Waals surface area contributed by atoms with E-state index in [1.54, 1.807) is 91.0 Å². The molecule has 11 heteroatoms. The van der Waals surface area contributed by atoms with E-state index < -0.39 is 11.8 Å². The van der Waals surface area contributed by atoms with Gasteiger partial charge in [0.2, 0.25) is 5.91 Å². The molecule has 3 N–H and O–H groups in total. The highest BCUT2D eigenvalue weighted by molar-refractivity contribution is 8.00. The lowest BCUT2D eigenvalue weighted by Gasteiger charge is -2.15. The highest BCUT2D eigenvalue weighted by atomic mass is 32.2. The molecule has 10 nitrogen and oxygen atoms in total. The van der Waals surface area contributed by atoms with E-state index in [1.165, 1.54) is 46.1 Å². The number of amides is 3. The third kappa shape index (κ3) is 8.99. The smallest absolute Gasteiger partial charge is 0.272 e. The van der Waals surface area contributed by atoms with Gasteiger partial charge < -0.3 is 30.2 Å². The van der Waals surface area contributed by atoms with E-state index in [4.69, 9.17) is 14.2 Å². The fourth-order valence-electron chi connectivity index (χ4n) is 4.23. The molecule has 0 unspecified atom stereocenters. The lowest BCUT2D eigenvalue weighted by molar-refractivity contribution is -0.114. The van der Waals surface area contributed by atoms with E-state index in [0.29, 0.717) is 45.3 Å². The van der Waals surface area contributed by atoms with Crippen molar-refractivity contribution in [2.24, 2.45) is 0 Å². The van der Waals surface area contributed by atoms with Gasteiger partial charge in [0.05, 0.1) is 27.1 Å². The summed E-state index contributed by atoms with van der Waals surface area (Å²) in [6.45, 7) is 1.48. The average molecular weight is 640 g/mol. The Morgan fingerprint density at radius 2 is 1.28 bits per heavy atom. The molecule has 0 atom stereocenters. The summed E-state index contributed by atoms with van der Waals surface area (Å²) in [5.74, 6) is 0.119. The molecule has 4 aromatic carbocycles. The molecule has 0 aliphatic carbocycles. The molecule has 0 saturated carbocycles. The Hall–Kier alpha value is -5.55. The molecule has 0 radical (unpaired) electrons. The lowest BCUT2D eigenvalue weighted by Crippen LogP contribution is -2.30. The predicted molar refractivity (Wildman–Crippen MR) is 179 cm³/mol. The van der Waals surface area contributed by atoms with Crippen molar-refractivity contribution in [3.8, 4) is 17.2 Å². The first-order valence-corrected chi connectivity index (χ1v) is 15.0. The quantitative estimate of drug-likeness (QED) is 0.0915. The third-order valence-electron chi connectivity index (χ3n) is 6.62. The van der Waals surface area contributed by atoms with Gasteiger partial charge in [0.15, 0.2) is 17.3 Å². The van der Waals surface area contributed by atoms with Gasteiger partial charge in [-0.05, 0) is 79.7 Å². The second-order valence-corrected chi connectivity index (χ2v) is 10.8. The molecule has 0 aliphatic heterocycles. The van der Waals surface area contributed by atoms with Crippen molar-refractivity contribution in [1.29, 1.82) is 0 Å². The maximum atomic E-state index is 13.5. The second kappa shape index (κ2) is 16.0. The van der Waals surface area contributed by atoms with Gasteiger partial charge in [0.1, 0.15) is 11.4 Å². The molecule has 0 aromatic heterocycles. The standard InChI is InChI=1S/C35H33N3O7S/c1-22(39)23-10-12-26(13-11-23)36-33(40)21-46-28-16-14-27(15-17-28)37-35(42)29(38-34(41)24-8-6-5-7-9-24)18-25-19-31(44-3)32(45-4)20-30(25)43-2/h5-20H,21H2,1-4H3,(H,36,40)(H,37,42)(H,38,41)/b29-18-. The number of rotatable bonds is 13. The van der Waals surface area contributed by atoms with Crippen molar-refractivity contribution in [2.75, 3.05) is 37.7 Å². The van der Waals surface area contributed by atoms with Crippen LogP contribution >= 0.6 is 11.8 Å². The molecule has 0 bridgehead atoms. The fourth-order valence-corrected chi connectivity index (χ4v) is 4.93. The number of methoxy groups -OCH3 is 3. The van der Waals surface area contributed by atoms with Crippen molar-refractivity contribution in [3.05, 3.63) is 113 Å². The third-order valence-corrected chi connectivity index (χ3v) is 7.63. The van der Waals surface area contributed by atoms with Crippen LogP contribution in [0, 0.1) is 0 Å².